The summed E-state index contributed by atoms with van der Waals surface area (Å²) in [6.07, 6.45) is -1.54. The normalized spacial score (nSPS) is 11.0. The number of aliphatic imine (C=N–C) groups is 1. The Labute approximate surface area is 166 Å². The van der Waals surface area contributed by atoms with E-state index in [0.717, 1.165) is 5.56 Å². The fourth-order valence-corrected chi connectivity index (χ4v) is 1.96. The van der Waals surface area contributed by atoms with Gasteiger partial charge in [-0.1, -0.05) is 30.5 Å². The summed E-state index contributed by atoms with van der Waals surface area (Å²) in [6.45, 7) is 6.97. The van der Waals surface area contributed by atoms with Crippen molar-refractivity contribution in [1.82, 2.24) is 5.32 Å². The molecule has 0 unspecified atom stereocenters. The van der Waals surface area contributed by atoms with E-state index >= 15 is 0 Å². The predicted octanol–water partition coefficient (Wildman–Crippen LogP) is 3.77. The van der Waals surface area contributed by atoms with Crippen LogP contribution in [0.2, 0.25) is 0 Å². The maximum Gasteiger partial charge on any atom is 0.427 e. The molecule has 0 aliphatic heterocycles. The van der Waals surface area contributed by atoms with Crippen LogP contribution in [0.25, 0.3) is 0 Å². The maximum atomic E-state index is 12.6. The molecule has 1 amide bonds. The molecule has 156 valence electrons. The molecule has 0 aromatic heterocycles. The molecule has 1 aromatic carbocycles. The van der Waals surface area contributed by atoms with Gasteiger partial charge in [-0.3, -0.25) is 4.79 Å². The fraction of sp³-hybridized carbons (Fsp3) is 0.389. The summed E-state index contributed by atoms with van der Waals surface area (Å²) in [5.74, 6) is -0.570. The van der Waals surface area contributed by atoms with Crippen molar-refractivity contribution in [2.45, 2.75) is 26.9 Å². The van der Waals surface area contributed by atoms with Crippen molar-refractivity contribution >= 4 is 29.3 Å². The summed E-state index contributed by atoms with van der Waals surface area (Å²) >= 11 is 1.20. The molecule has 0 heterocycles. The van der Waals surface area contributed by atoms with Crippen LogP contribution in [0.15, 0.2) is 35.5 Å². The van der Waals surface area contributed by atoms with Crippen molar-refractivity contribution < 1.29 is 32.2 Å². The number of rotatable bonds is 7. The van der Waals surface area contributed by atoms with Gasteiger partial charge in [0.05, 0.1) is 6.61 Å². The average Bonchev–Trinajstić information content (AvgIpc) is 2.65. The van der Waals surface area contributed by atoms with Crippen molar-refractivity contribution in [1.29, 1.82) is 0 Å². The predicted molar refractivity (Wildman–Crippen MR) is 103 cm³/mol. The highest BCUT2D eigenvalue weighted by atomic mass is 32.2. The zero-order chi connectivity index (χ0) is 21.7. The SMILES string of the molecule is C=C(N=C(NC=O)SC)C(=O)OCC.Cc1cccc(OC(F)(F)CF)c1C. The van der Waals surface area contributed by atoms with Gasteiger partial charge in [0.25, 0.3) is 0 Å². The molecule has 1 aromatic rings. The number of aryl methyl sites for hydroxylation is 1. The van der Waals surface area contributed by atoms with Gasteiger partial charge >= 0.3 is 12.1 Å². The Bertz CT molecular complexity index is 712. The summed E-state index contributed by atoms with van der Waals surface area (Å²) in [5, 5.41) is 2.63. The summed E-state index contributed by atoms with van der Waals surface area (Å²) in [4.78, 5) is 24.9. The van der Waals surface area contributed by atoms with Crippen molar-refractivity contribution in [3.05, 3.63) is 41.6 Å². The molecule has 0 aliphatic carbocycles. The van der Waals surface area contributed by atoms with Gasteiger partial charge in [0.1, 0.15) is 11.4 Å². The Morgan fingerprint density at radius 3 is 2.54 bits per heavy atom. The first kappa shape index (κ1) is 25.5. The Kier molecular flexibility index (Phi) is 11.7. The molecule has 6 nitrogen and oxygen atoms in total. The lowest BCUT2D eigenvalue weighted by Crippen LogP contribution is -2.27. The standard InChI is InChI=1S/C10H11F3O.C8H12N2O3S/c1-7-4-3-5-9(8(7)2)14-10(12,13)6-11;1-4-13-7(12)6(2)10-8(14-3)9-5-11/h3-5H,6H2,1-2H3;5H,2,4H2,1,3H3,(H,9,10,11). The number of amides is 1. The molecule has 0 radical (unpaired) electrons. The lowest BCUT2D eigenvalue weighted by atomic mass is 10.1. The van der Waals surface area contributed by atoms with E-state index in [9.17, 15) is 22.8 Å². The molecule has 0 bridgehead atoms. The van der Waals surface area contributed by atoms with Crippen LogP contribution in [0.1, 0.15) is 18.1 Å². The Hall–Kier alpha value is -2.49. The van der Waals surface area contributed by atoms with Crippen LogP contribution >= 0.6 is 11.8 Å². The second kappa shape index (κ2) is 12.8. The summed E-state index contributed by atoms with van der Waals surface area (Å²) in [6, 6.07) is 4.76. The zero-order valence-electron chi connectivity index (χ0n) is 16.1. The summed E-state index contributed by atoms with van der Waals surface area (Å²) in [5.41, 5.74) is 1.39. The second-order valence-electron chi connectivity index (χ2n) is 5.12. The maximum absolute atomic E-state index is 12.6. The number of nitrogens with zero attached hydrogens (tertiary/aromatic N) is 1. The average molecular weight is 420 g/mol. The van der Waals surface area contributed by atoms with E-state index in [1.54, 1.807) is 39.2 Å². The van der Waals surface area contributed by atoms with E-state index in [2.05, 4.69) is 26.4 Å². The highest BCUT2D eigenvalue weighted by Crippen LogP contribution is 2.26. The van der Waals surface area contributed by atoms with Crippen molar-refractivity contribution in [2.24, 2.45) is 4.99 Å². The third-order valence-electron chi connectivity index (χ3n) is 3.09. The molecule has 1 N–H and O–H groups in total. The molecule has 0 saturated heterocycles. The van der Waals surface area contributed by atoms with E-state index < -0.39 is 18.8 Å². The largest absolute Gasteiger partial charge is 0.461 e. The topological polar surface area (TPSA) is 77.0 Å². The van der Waals surface area contributed by atoms with Gasteiger partial charge in [0, 0.05) is 0 Å². The van der Waals surface area contributed by atoms with Crippen LogP contribution < -0.4 is 10.1 Å². The number of hydrogen-bond acceptors (Lipinski definition) is 6. The third kappa shape index (κ3) is 9.45. The monoisotopic (exact) mass is 420 g/mol. The fourth-order valence-electron chi connectivity index (χ4n) is 1.59. The van der Waals surface area contributed by atoms with Crippen LogP contribution in [0, 0.1) is 13.8 Å². The van der Waals surface area contributed by atoms with E-state index in [-0.39, 0.29) is 18.1 Å². The first-order chi connectivity index (χ1) is 13.1. The van der Waals surface area contributed by atoms with E-state index in [4.69, 9.17) is 0 Å². The van der Waals surface area contributed by atoms with Crippen LogP contribution in [0.5, 0.6) is 5.75 Å². The van der Waals surface area contributed by atoms with Gasteiger partial charge in [0.15, 0.2) is 11.8 Å². The number of alkyl halides is 3. The number of hydrogen-bond donors (Lipinski definition) is 1. The summed E-state index contributed by atoms with van der Waals surface area (Å²) in [7, 11) is 0. The highest BCUT2D eigenvalue weighted by Gasteiger charge is 2.32. The number of carbonyl (C=O) groups excluding carboxylic acids is 2. The van der Waals surface area contributed by atoms with Crippen LogP contribution in [-0.2, 0) is 14.3 Å². The zero-order valence-corrected chi connectivity index (χ0v) is 16.9. The molecule has 0 aliphatic rings. The van der Waals surface area contributed by atoms with Gasteiger partial charge in [0.2, 0.25) is 6.41 Å². The number of carbonyl (C=O) groups is 2. The lowest BCUT2D eigenvalue weighted by molar-refractivity contribution is -0.186. The number of nitrogens with one attached hydrogen (secondary N) is 1. The molecule has 0 atom stereocenters. The number of benzene rings is 1. The molecule has 0 fully saturated rings. The molecule has 0 saturated carbocycles. The van der Waals surface area contributed by atoms with Crippen molar-refractivity contribution in [3.8, 4) is 5.75 Å². The number of thioether (sulfide) groups is 1. The smallest absolute Gasteiger partial charge is 0.427 e. The Balaban J connectivity index is 0.000000521. The van der Waals surface area contributed by atoms with Gasteiger partial charge < -0.3 is 14.8 Å². The molecule has 28 heavy (non-hydrogen) atoms. The number of amidine groups is 1. The quantitative estimate of drug-likeness (QED) is 0.239. The van der Waals surface area contributed by atoms with Gasteiger partial charge in [-0.15, -0.1) is 0 Å². The Morgan fingerprint density at radius 2 is 2.04 bits per heavy atom. The Morgan fingerprint density at radius 1 is 1.39 bits per heavy atom. The van der Waals surface area contributed by atoms with Crippen LogP contribution in [-0.4, -0.2) is 43.2 Å². The van der Waals surface area contributed by atoms with Crippen LogP contribution in [0.4, 0.5) is 13.2 Å². The molecule has 10 heteroatoms. The molecular weight excluding hydrogens is 397 g/mol. The highest BCUT2D eigenvalue weighted by molar-refractivity contribution is 8.13. The van der Waals surface area contributed by atoms with E-state index in [1.807, 2.05) is 0 Å². The molecule has 0 spiro atoms. The van der Waals surface area contributed by atoms with Gasteiger partial charge in [-0.05, 0) is 44.2 Å². The van der Waals surface area contributed by atoms with E-state index in [0.29, 0.717) is 17.1 Å². The minimum atomic E-state index is -3.74. The second-order valence-corrected chi connectivity index (χ2v) is 5.92. The van der Waals surface area contributed by atoms with Crippen molar-refractivity contribution in [3.63, 3.8) is 0 Å². The number of esters is 1. The van der Waals surface area contributed by atoms with Gasteiger partial charge in [-0.25, -0.2) is 14.2 Å². The minimum absolute atomic E-state index is 0.0210. The van der Waals surface area contributed by atoms with E-state index in [1.165, 1.54) is 17.8 Å². The van der Waals surface area contributed by atoms with Crippen molar-refractivity contribution in [2.75, 3.05) is 19.5 Å². The first-order valence-electron chi connectivity index (χ1n) is 7.99. The summed E-state index contributed by atoms with van der Waals surface area (Å²) < 4.78 is 45.8. The first-order valence-corrected chi connectivity index (χ1v) is 9.22. The number of halogens is 3. The minimum Gasteiger partial charge on any atom is -0.461 e. The number of ether oxygens (including phenoxy) is 2. The molecule has 1 rings (SSSR count). The van der Waals surface area contributed by atoms with Crippen LogP contribution in [0.3, 0.4) is 0 Å². The third-order valence-corrected chi connectivity index (χ3v) is 3.69. The van der Waals surface area contributed by atoms with Gasteiger partial charge in [-0.2, -0.15) is 8.78 Å². The lowest BCUT2D eigenvalue weighted by Gasteiger charge is -2.16. The molecular formula is C18H23F3N2O4S.